The van der Waals surface area contributed by atoms with E-state index in [4.69, 9.17) is 34.8 Å². The molecule has 0 aliphatic heterocycles. The fourth-order valence-electron chi connectivity index (χ4n) is 0.632. The zero-order valence-corrected chi connectivity index (χ0v) is 8.70. The van der Waals surface area contributed by atoms with Gasteiger partial charge in [-0.2, -0.15) is 0 Å². The molecule has 0 amide bonds. The van der Waals surface area contributed by atoms with Crippen LogP contribution < -0.4 is 5.30 Å². The van der Waals surface area contributed by atoms with Gasteiger partial charge in [0.05, 0.1) is 23.5 Å². The SMILES string of the molecule is O=[PH2]c1ccc(Cl)c(Cl)c1Cl. The van der Waals surface area contributed by atoms with Crippen molar-refractivity contribution >= 4 is 48.6 Å². The highest BCUT2D eigenvalue weighted by molar-refractivity contribution is 7.34. The smallest absolute Gasteiger partial charge is 0.0936 e. The first-order valence-corrected chi connectivity index (χ1v) is 4.93. The maximum absolute atomic E-state index is 10.5. The van der Waals surface area contributed by atoms with Gasteiger partial charge in [0.2, 0.25) is 0 Å². The van der Waals surface area contributed by atoms with Gasteiger partial charge in [-0.1, -0.05) is 34.8 Å². The Labute approximate surface area is 80.5 Å². The molecule has 0 fully saturated rings. The van der Waals surface area contributed by atoms with Crippen LogP contribution in [0.2, 0.25) is 15.1 Å². The highest BCUT2D eigenvalue weighted by atomic mass is 35.5. The lowest BCUT2D eigenvalue weighted by Crippen LogP contribution is -1.93. The lowest BCUT2D eigenvalue weighted by molar-refractivity contribution is 0.603. The van der Waals surface area contributed by atoms with E-state index in [1.54, 1.807) is 12.1 Å². The number of rotatable bonds is 1. The van der Waals surface area contributed by atoms with E-state index < -0.39 is 8.46 Å². The summed E-state index contributed by atoms with van der Waals surface area (Å²) < 4.78 is 10.5. The van der Waals surface area contributed by atoms with Crippen molar-refractivity contribution < 1.29 is 4.57 Å². The summed E-state index contributed by atoms with van der Waals surface area (Å²) in [6, 6.07) is 3.19. The average molecular weight is 229 g/mol. The van der Waals surface area contributed by atoms with Crippen LogP contribution in [0.25, 0.3) is 0 Å². The Morgan fingerprint density at radius 3 is 2.27 bits per heavy atom. The van der Waals surface area contributed by atoms with Gasteiger partial charge in [0, 0.05) is 5.30 Å². The van der Waals surface area contributed by atoms with Gasteiger partial charge in [-0.15, -0.1) is 0 Å². The van der Waals surface area contributed by atoms with Crippen LogP contribution in [-0.4, -0.2) is 0 Å². The second-order valence-electron chi connectivity index (χ2n) is 1.88. The fourth-order valence-corrected chi connectivity index (χ4v) is 1.82. The van der Waals surface area contributed by atoms with Crippen LogP contribution in [0.15, 0.2) is 12.1 Å². The van der Waals surface area contributed by atoms with Crippen LogP contribution in [0.5, 0.6) is 0 Å². The summed E-state index contributed by atoms with van der Waals surface area (Å²) in [5, 5.41) is 1.51. The van der Waals surface area contributed by atoms with E-state index in [0.29, 0.717) is 15.3 Å². The first-order valence-electron chi connectivity index (χ1n) is 2.75. The zero-order valence-electron chi connectivity index (χ0n) is 5.27. The monoisotopic (exact) mass is 228 g/mol. The van der Waals surface area contributed by atoms with E-state index >= 15 is 0 Å². The third-order valence-corrected chi connectivity index (χ3v) is 3.42. The molecule has 0 radical (unpaired) electrons. The predicted molar refractivity (Wildman–Crippen MR) is 51.5 cm³/mol. The third-order valence-electron chi connectivity index (χ3n) is 1.19. The van der Waals surface area contributed by atoms with Crippen molar-refractivity contribution in [2.24, 2.45) is 0 Å². The molecule has 0 saturated heterocycles. The molecule has 0 spiro atoms. The Balaban J connectivity index is 3.36. The van der Waals surface area contributed by atoms with Gasteiger partial charge in [-0.05, 0) is 12.1 Å². The van der Waals surface area contributed by atoms with Crippen molar-refractivity contribution in [3.8, 4) is 0 Å². The molecule has 0 N–H and O–H groups in total. The summed E-state index contributed by atoms with van der Waals surface area (Å²) in [5.74, 6) is 0. The zero-order chi connectivity index (χ0) is 8.43. The summed E-state index contributed by atoms with van der Waals surface area (Å²) >= 11 is 17.0. The van der Waals surface area contributed by atoms with Gasteiger partial charge in [-0.3, -0.25) is 0 Å². The second-order valence-corrected chi connectivity index (χ2v) is 3.90. The Bertz CT molecular complexity index is 300. The summed E-state index contributed by atoms with van der Waals surface area (Å²) in [6.45, 7) is 0. The van der Waals surface area contributed by atoms with Gasteiger partial charge >= 0.3 is 0 Å². The summed E-state index contributed by atoms with van der Waals surface area (Å²) in [7, 11) is -1.05. The summed E-state index contributed by atoms with van der Waals surface area (Å²) in [4.78, 5) is 0. The maximum Gasteiger partial charge on any atom is 0.0936 e. The molecule has 0 aliphatic carbocycles. The minimum atomic E-state index is -1.05. The van der Waals surface area contributed by atoms with E-state index in [1.165, 1.54) is 0 Å². The Kier molecular flexibility index (Phi) is 3.27. The molecule has 11 heavy (non-hydrogen) atoms. The molecule has 1 aromatic rings. The Hall–Kier alpha value is 0.320. The Morgan fingerprint density at radius 1 is 1.09 bits per heavy atom. The third kappa shape index (κ3) is 1.91. The van der Waals surface area contributed by atoms with Gasteiger partial charge in [-0.25, -0.2) is 0 Å². The molecule has 1 aromatic carbocycles. The van der Waals surface area contributed by atoms with Gasteiger partial charge in [0.25, 0.3) is 0 Å². The van der Waals surface area contributed by atoms with E-state index in [2.05, 4.69) is 0 Å². The largest absolute Gasteiger partial charge is 0.325 e. The summed E-state index contributed by atoms with van der Waals surface area (Å²) in [6.07, 6.45) is 0. The standard InChI is InChI=1S/C6H4Cl3OP/c7-3-1-2-4(11-10)6(9)5(3)8/h1-2H,11H2. The quantitative estimate of drug-likeness (QED) is 0.534. The van der Waals surface area contributed by atoms with Crippen LogP contribution in [0.4, 0.5) is 0 Å². The molecule has 1 nitrogen and oxygen atoms in total. The molecule has 1 unspecified atom stereocenters. The first-order chi connectivity index (χ1) is 5.16. The summed E-state index contributed by atoms with van der Waals surface area (Å²) in [5.41, 5.74) is 0. The van der Waals surface area contributed by atoms with Gasteiger partial charge < -0.3 is 4.57 Å². The van der Waals surface area contributed by atoms with Crippen molar-refractivity contribution in [3.05, 3.63) is 27.2 Å². The van der Waals surface area contributed by atoms with E-state index in [-0.39, 0.29) is 5.02 Å². The van der Waals surface area contributed by atoms with Gasteiger partial charge in [0.1, 0.15) is 0 Å². The molecule has 5 heteroatoms. The van der Waals surface area contributed by atoms with Crippen LogP contribution in [0.1, 0.15) is 0 Å². The highest BCUT2D eigenvalue weighted by Crippen LogP contribution is 2.29. The average Bonchev–Trinajstić information content (AvgIpc) is 2.01. The molecule has 0 aliphatic rings. The normalized spacial score (nSPS) is 11.2. The van der Waals surface area contributed by atoms with E-state index in [0.717, 1.165) is 0 Å². The van der Waals surface area contributed by atoms with Crippen molar-refractivity contribution in [2.45, 2.75) is 0 Å². The topological polar surface area (TPSA) is 17.1 Å². The first kappa shape index (κ1) is 9.41. The minimum Gasteiger partial charge on any atom is -0.325 e. The van der Waals surface area contributed by atoms with Crippen LogP contribution >= 0.6 is 43.3 Å². The molecular formula is C6H4Cl3OP. The molecule has 0 saturated carbocycles. The molecule has 0 heterocycles. The van der Waals surface area contributed by atoms with Crippen molar-refractivity contribution in [1.29, 1.82) is 0 Å². The predicted octanol–water partition coefficient (Wildman–Crippen LogP) is 3.03. The van der Waals surface area contributed by atoms with Crippen LogP contribution in [0.3, 0.4) is 0 Å². The van der Waals surface area contributed by atoms with E-state index in [1.807, 2.05) is 0 Å². The van der Waals surface area contributed by atoms with Crippen LogP contribution in [-0.2, 0) is 4.57 Å². The molecular weight excluding hydrogens is 225 g/mol. The number of hydrogen-bond donors (Lipinski definition) is 0. The Morgan fingerprint density at radius 2 is 1.73 bits per heavy atom. The lowest BCUT2D eigenvalue weighted by atomic mass is 10.4. The lowest BCUT2D eigenvalue weighted by Gasteiger charge is -1.99. The molecule has 60 valence electrons. The highest BCUT2D eigenvalue weighted by Gasteiger charge is 2.06. The molecule has 0 bridgehead atoms. The number of halogens is 3. The molecule has 1 atom stereocenters. The van der Waals surface area contributed by atoms with Gasteiger partial charge in [0.15, 0.2) is 0 Å². The van der Waals surface area contributed by atoms with Crippen molar-refractivity contribution in [1.82, 2.24) is 0 Å². The molecule has 1 rings (SSSR count). The molecule has 0 aromatic heterocycles. The number of hydrogen-bond acceptors (Lipinski definition) is 1. The number of benzene rings is 1. The maximum atomic E-state index is 10.5. The van der Waals surface area contributed by atoms with Crippen LogP contribution in [0, 0.1) is 0 Å². The van der Waals surface area contributed by atoms with E-state index in [9.17, 15) is 4.57 Å². The van der Waals surface area contributed by atoms with Crippen molar-refractivity contribution in [3.63, 3.8) is 0 Å². The second kappa shape index (κ2) is 3.82. The fraction of sp³-hybridized carbons (Fsp3) is 0. The van der Waals surface area contributed by atoms with Crippen molar-refractivity contribution in [2.75, 3.05) is 0 Å². The minimum absolute atomic E-state index is 0.272.